The van der Waals surface area contributed by atoms with Crippen LogP contribution in [0.15, 0.2) is 0 Å². The van der Waals surface area contributed by atoms with Crippen LogP contribution in [-0.4, -0.2) is 31.9 Å². The van der Waals surface area contributed by atoms with E-state index in [1.807, 2.05) is 27.7 Å². The van der Waals surface area contributed by atoms with Crippen LogP contribution in [0.2, 0.25) is 0 Å². The average Bonchev–Trinajstić information content (AvgIpc) is 2.11. The summed E-state index contributed by atoms with van der Waals surface area (Å²) in [5.74, 6) is 0.574. The van der Waals surface area contributed by atoms with Gasteiger partial charge >= 0.3 is 0 Å². The summed E-state index contributed by atoms with van der Waals surface area (Å²) in [6, 6.07) is 0. The van der Waals surface area contributed by atoms with Crippen LogP contribution >= 0.6 is 0 Å². The third-order valence-electron chi connectivity index (χ3n) is 2.25. The SMILES string of the molecule is CC(C)CCS(=O)(=O)NCC(O)C(C)C. The minimum Gasteiger partial charge on any atom is -0.391 e. The van der Waals surface area contributed by atoms with Crippen molar-refractivity contribution >= 4 is 10.0 Å². The van der Waals surface area contributed by atoms with Crippen LogP contribution in [0.4, 0.5) is 0 Å². The zero-order chi connectivity index (χ0) is 12.1. The molecule has 0 rings (SSSR count). The van der Waals surface area contributed by atoms with Crippen LogP contribution in [-0.2, 0) is 10.0 Å². The minimum atomic E-state index is -3.22. The zero-order valence-electron chi connectivity index (χ0n) is 10.0. The fourth-order valence-electron chi connectivity index (χ4n) is 0.911. The lowest BCUT2D eigenvalue weighted by atomic mass is 10.1. The van der Waals surface area contributed by atoms with Crippen molar-refractivity contribution in [3.05, 3.63) is 0 Å². The Hall–Kier alpha value is -0.130. The molecule has 0 aliphatic rings. The van der Waals surface area contributed by atoms with Gasteiger partial charge in [-0.1, -0.05) is 27.7 Å². The van der Waals surface area contributed by atoms with E-state index in [4.69, 9.17) is 0 Å². The first-order valence-electron chi connectivity index (χ1n) is 5.40. The molecule has 0 fully saturated rings. The Labute approximate surface area is 93.1 Å². The van der Waals surface area contributed by atoms with Crippen LogP contribution in [0.25, 0.3) is 0 Å². The van der Waals surface area contributed by atoms with Gasteiger partial charge in [-0.25, -0.2) is 13.1 Å². The van der Waals surface area contributed by atoms with E-state index < -0.39 is 16.1 Å². The Balaban J connectivity index is 3.94. The molecular formula is C10H23NO3S. The van der Waals surface area contributed by atoms with E-state index in [9.17, 15) is 13.5 Å². The van der Waals surface area contributed by atoms with Crippen LogP contribution < -0.4 is 4.72 Å². The highest BCUT2D eigenvalue weighted by Gasteiger charge is 2.15. The summed E-state index contributed by atoms with van der Waals surface area (Å²) in [6.07, 6.45) is 0.0337. The summed E-state index contributed by atoms with van der Waals surface area (Å²) in [7, 11) is -3.22. The molecule has 1 atom stereocenters. The number of hydrogen-bond donors (Lipinski definition) is 2. The third kappa shape index (κ3) is 7.76. The van der Waals surface area contributed by atoms with Gasteiger partial charge in [0.25, 0.3) is 0 Å². The number of hydrogen-bond acceptors (Lipinski definition) is 3. The van der Waals surface area contributed by atoms with Gasteiger partial charge in [0, 0.05) is 6.54 Å². The first-order valence-corrected chi connectivity index (χ1v) is 7.05. The summed E-state index contributed by atoms with van der Waals surface area (Å²) < 4.78 is 25.3. The molecule has 2 N–H and O–H groups in total. The molecule has 0 saturated heterocycles. The summed E-state index contributed by atoms with van der Waals surface area (Å²) >= 11 is 0. The quantitative estimate of drug-likeness (QED) is 0.693. The highest BCUT2D eigenvalue weighted by Crippen LogP contribution is 2.03. The molecule has 1 unspecified atom stereocenters. The Morgan fingerprint density at radius 1 is 1.20 bits per heavy atom. The van der Waals surface area contributed by atoms with Crippen molar-refractivity contribution in [1.82, 2.24) is 4.72 Å². The Kier molecular flexibility index (Phi) is 6.40. The number of nitrogens with one attached hydrogen (secondary N) is 1. The molecule has 0 bridgehead atoms. The number of aliphatic hydroxyl groups excluding tert-OH is 1. The average molecular weight is 237 g/mol. The molecule has 0 aromatic carbocycles. The Morgan fingerprint density at radius 3 is 2.13 bits per heavy atom. The van der Waals surface area contributed by atoms with Crippen LogP contribution in [0.5, 0.6) is 0 Å². The molecule has 4 nitrogen and oxygen atoms in total. The highest BCUT2D eigenvalue weighted by atomic mass is 32.2. The van der Waals surface area contributed by atoms with Gasteiger partial charge in [-0.2, -0.15) is 0 Å². The van der Waals surface area contributed by atoms with Crippen LogP contribution in [0.3, 0.4) is 0 Å². The van der Waals surface area contributed by atoms with E-state index in [0.717, 1.165) is 0 Å². The topological polar surface area (TPSA) is 66.4 Å². The first kappa shape index (κ1) is 14.9. The van der Waals surface area contributed by atoms with Gasteiger partial charge in [0.15, 0.2) is 0 Å². The maximum absolute atomic E-state index is 11.4. The normalized spacial score (nSPS) is 14.9. The molecule has 0 radical (unpaired) electrons. The van der Waals surface area contributed by atoms with Crippen LogP contribution in [0, 0.1) is 11.8 Å². The molecule has 5 heteroatoms. The van der Waals surface area contributed by atoms with Gasteiger partial charge in [-0.05, 0) is 18.3 Å². The number of sulfonamides is 1. The zero-order valence-corrected chi connectivity index (χ0v) is 10.8. The molecule has 0 amide bonds. The van der Waals surface area contributed by atoms with E-state index in [1.54, 1.807) is 0 Å². The molecule has 0 saturated carbocycles. The molecule has 92 valence electrons. The van der Waals surface area contributed by atoms with Gasteiger partial charge in [-0.15, -0.1) is 0 Å². The van der Waals surface area contributed by atoms with Crippen molar-refractivity contribution in [3.8, 4) is 0 Å². The maximum atomic E-state index is 11.4. The predicted octanol–water partition coefficient (Wildman–Crippen LogP) is 0.969. The van der Waals surface area contributed by atoms with Gasteiger partial charge < -0.3 is 5.11 Å². The van der Waals surface area contributed by atoms with Gasteiger partial charge in [0.2, 0.25) is 10.0 Å². The fraction of sp³-hybridized carbons (Fsp3) is 1.00. The Bertz CT molecular complexity index is 260. The van der Waals surface area contributed by atoms with Crippen molar-refractivity contribution in [2.45, 2.75) is 40.2 Å². The monoisotopic (exact) mass is 237 g/mol. The predicted molar refractivity (Wildman–Crippen MR) is 62.1 cm³/mol. The van der Waals surface area contributed by atoms with Gasteiger partial charge in [-0.3, -0.25) is 0 Å². The lowest BCUT2D eigenvalue weighted by Crippen LogP contribution is -2.36. The molecular weight excluding hydrogens is 214 g/mol. The molecule has 0 heterocycles. The second-order valence-electron chi connectivity index (χ2n) is 4.66. The van der Waals surface area contributed by atoms with E-state index in [0.29, 0.717) is 12.3 Å². The smallest absolute Gasteiger partial charge is 0.211 e. The standard InChI is InChI=1S/C10H23NO3S/c1-8(2)5-6-15(13,14)11-7-10(12)9(3)4/h8-12H,5-7H2,1-4H3. The van der Waals surface area contributed by atoms with Crippen LogP contribution in [0.1, 0.15) is 34.1 Å². The first-order chi connectivity index (χ1) is 6.74. The third-order valence-corrected chi connectivity index (χ3v) is 3.63. The summed E-state index contributed by atoms with van der Waals surface area (Å²) in [4.78, 5) is 0. The summed E-state index contributed by atoms with van der Waals surface area (Å²) in [5.41, 5.74) is 0. The molecule has 0 aliphatic carbocycles. The van der Waals surface area contributed by atoms with Crippen molar-refractivity contribution < 1.29 is 13.5 Å². The van der Waals surface area contributed by atoms with Crippen molar-refractivity contribution in [2.75, 3.05) is 12.3 Å². The molecule has 0 spiro atoms. The lowest BCUT2D eigenvalue weighted by Gasteiger charge is -2.15. The van der Waals surface area contributed by atoms with E-state index >= 15 is 0 Å². The molecule has 0 aromatic heterocycles. The van der Waals surface area contributed by atoms with E-state index in [-0.39, 0.29) is 18.2 Å². The molecule has 0 aliphatic heterocycles. The lowest BCUT2D eigenvalue weighted by molar-refractivity contribution is 0.129. The largest absolute Gasteiger partial charge is 0.391 e. The molecule has 15 heavy (non-hydrogen) atoms. The maximum Gasteiger partial charge on any atom is 0.211 e. The number of aliphatic hydroxyl groups is 1. The number of rotatable bonds is 7. The van der Waals surface area contributed by atoms with Crippen molar-refractivity contribution in [1.29, 1.82) is 0 Å². The fourth-order valence-corrected chi connectivity index (χ4v) is 2.26. The van der Waals surface area contributed by atoms with E-state index in [1.165, 1.54) is 0 Å². The van der Waals surface area contributed by atoms with E-state index in [2.05, 4.69) is 4.72 Å². The van der Waals surface area contributed by atoms with Crippen molar-refractivity contribution in [2.24, 2.45) is 11.8 Å². The summed E-state index contributed by atoms with van der Waals surface area (Å²) in [5, 5.41) is 9.44. The minimum absolute atomic E-state index is 0.0674. The second-order valence-corrected chi connectivity index (χ2v) is 6.59. The highest BCUT2D eigenvalue weighted by molar-refractivity contribution is 7.89. The molecule has 0 aromatic rings. The van der Waals surface area contributed by atoms with Gasteiger partial charge in [0.05, 0.1) is 11.9 Å². The van der Waals surface area contributed by atoms with Crippen molar-refractivity contribution in [3.63, 3.8) is 0 Å². The van der Waals surface area contributed by atoms with Gasteiger partial charge in [0.1, 0.15) is 0 Å². The second kappa shape index (κ2) is 6.45. The summed E-state index contributed by atoms with van der Waals surface area (Å²) in [6.45, 7) is 7.79. The Morgan fingerprint density at radius 2 is 1.73 bits per heavy atom.